The third-order valence-electron chi connectivity index (χ3n) is 3.32. The molecule has 3 rings (SSSR count). The minimum atomic E-state index is -0.305. The molecule has 0 aromatic heterocycles. The predicted molar refractivity (Wildman–Crippen MR) is 77.2 cm³/mol. The molecule has 0 aliphatic carbocycles. The van der Waals surface area contributed by atoms with Crippen molar-refractivity contribution >= 4 is 11.9 Å². The number of halogens is 1. The Hall–Kier alpha value is -2.62. The minimum Gasteiger partial charge on any atom is -0.497 e. The van der Waals surface area contributed by atoms with Crippen LogP contribution in [0.25, 0.3) is 6.08 Å². The standard InChI is InChI=1S/C17H13FO3/c1-20-14-6-7-15-16(9-14)21-10-12(17(15)19)8-11-2-4-13(18)5-3-11/h2-9H,10H2,1H3/b12-8+. The number of ether oxygens (including phenoxy) is 2. The number of carbonyl (C=O) groups is 1. The summed E-state index contributed by atoms with van der Waals surface area (Å²) in [5.74, 6) is 0.784. The molecule has 0 saturated heterocycles. The molecule has 1 heterocycles. The number of rotatable bonds is 2. The first kappa shape index (κ1) is 13.4. The highest BCUT2D eigenvalue weighted by Crippen LogP contribution is 2.31. The van der Waals surface area contributed by atoms with Crippen molar-refractivity contribution in [3.63, 3.8) is 0 Å². The summed E-state index contributed by atoms with van der Waals surface area (Å²) in [7, 11) is 1.56. The Morgan fingerprint density at radius 3 is 2.67 bits per heavy atom. The Labute approximate surface area is 121 Å². The van der Waals surface area contributed by atoms with E-state index < -0.39 is 0 Å². The van der Waals surface area contributed by atoms with Crippen LogP contribution in [0.4, 0.5) is 4.39 Å². The highest BCUT2D eigenvalue weighted by atomic mass is 19.1. The van der Waals surface area contributed by atoms with Crippen molar-refractivity contribution in [2.45, 2.75) is 0 Å². The Morgan fingerprint density at radius 1 is 1.19 bits per heavy atom. The molecule has 0 saturated carbocycles. The maximum Gasteiger partial charge on any atom is 0.196 e. The van der Waals surface area contributed by atoms with E-state index in [0.717, 1.165) is 5.56 Å². The molecule has 2 aromatic carbocycles. The summed E-state index contributed by atoms with van der Waals surface area (Å²) < 4.78 is 23.6. The van der Waals surface area contributed by atoms with Gasteiger partial charge in [0.25, 0.3) is 0 Å². The van der Waals surface area contributed by atoms with E-state index in [2.05, 4.69) is 0 Å². The highest BCUT2D eigenvalue weighted by molar-refractivity contribution is 6.14. The third kappa shape index (κ3) is 2.65. The van der Waals surface area contributed by atoms with Gasteiger partial charge in [0.1, 0.15) is 23.9 Å². The van der Waals surface area contributed by atoms with Crippen LogP contribution < -0.4 is 9.47 Å². The zero-order valence-electron chi connectivity index (χ0n) is 11.4. The lowest BCUT2D eigenvalue weighted by Gasteiger charge is -2.19. The molecule has 0 N–H and O–H groups in total. The molecule has 0 atom stereocenters. The Kier molecular flexibility index (Phi) is 3.44. The van der Waals surface area contributed by atoms with Gasteiger partial charge in [0, 0.05) is 11.6 Å². The normalized spacial score (nSPS) is 15.5. The number of fused-ring (bicyclic) bond motifs is 1. The number of methoxy groups -OCH3 is 1. The predicted octanol–water partition coefficient (Wildman–Crippen LogP) is 3.49. The van der Waals surface area contributed by atoms with E-state index in [0.29, 0.717) is 22.6 Å². The van der Waals surface area contributed by atoms with Crippen LogP contribution in [0, 0.1) is 5.82 Å². The summed E-state index contributed by atoms with van der Waals surface area (Å²) in [6, 6.07) is 11.1. The van der Waals surface area contributed by atoms with Gasteiger partial charge in [0.05, 0.1) is 12.7 Å². The Balaban J connectivity index is 1.93. The fraction of sp³-hybridized carbons (Fsp3) is 0.118. The van der Waals surface area contributed by atoms with E-state index in [1.807, 2.05) is 0 Å². The fourth-order valence-corrected chi connectivity index (χ4v) is 2.20. The van der Waals surface area contributed by atoms with Crippen LogP contribution in [0.1, 0.15) is 15.9 Å². The molecule has 4 heteroatoms. The largest absolute Gasteiger partial charge is 0.497 e. The van der Waals surface area contributed by atoms with Gasteiger partial charge in [-0.05, 0) is 35.9 Å². The molecule has 0 radical (unpaired) electrons. The molecule has 0 spiro atoms. The summed E-state index contributed by atoms with van der Waals surface area (Å²) in [6.45, 7) is 0.191. The van der Waals surface area contributed by atoms with Crippen molar-refractivity contribution in [3.8, 4) is 11.5 Å². The molecule has 0 amide bonds. The second kappa shape index (κ2) is 5.40. The molecular formula is C17H13FO3. The molecular weight excluding hydrogens is 271 g/mol. The lowest BCUT2D eigenvalue weighted by Crippen LogP contribution is -2.19. The summed E-state index contributed by atoms with van der Waals surface area (Å²) in [5, 5.41) is 0. The van der Waals surface area contributed by atoms with E-state index in [-0.39, 0.29) is 18.2 Å². The summed E-state index contributed by atoms with van der Waals surface area (Å²) in [4.78, 5) is 12.4. The number of hydrogen-bond acceptors (Lipinski definition) is 3. The van der Waals surface area contributed by atoms with E-state index in [4.69, 9.17) is 9.47 Å². The number of ketones is 1. The molecule has 0 fully saturated rings. The third-order valence-corrected chi connectivity index (χ3v) is 3.32. The molecule has 106 valence electrons. The van der Waals surface area contributed by atoms with Gasteiger partial charge in [-0.25, -0.2) is 4.39 Å². The summed E-state index contributed by atoms with van der Waals surface area (Å²) in [6.07, 6.45) is 1.72. The first-order valence-corrected chi connectivity index (χ1v) is 6.49. The Morgan fingerprint density at radius 2 is 1.95 bits per heavy atom. The molecule has 21 heavy (non-hydrogen) atoms. The van der Waals surface area contributed by atoms with Gasteiger partial charge in [-0.15, -0.1) is 0 Å². The van der Waals surface area contributed by atoms with Crippen LogP contribution in [0.2, 0.25) is 0 Å². The molecule has 3 nitrogen and oxygen atoms in total. The van der Waals surface area contributed by atoms with Crippen molar-refractivity contribution in [1.82, 2.24) is 0 Å². The number of hydrogen-bond donors (Lipinski definition) is 0. The topological polar surface area (TPSA) is 35.5 Å². The van der Waals surface area contributed by atoms with Crippen LogP contribution in [0.15, 0.2) is 48.0 Å². The van der Waals surface area contributed by atoms with Gasteiger partial charge in [-0.3, -0.25) is 4.79 Å². The molecule has 1 aliphatic heterocycles. The average Bonchev–Trinajstić information content (AvgIpc) is 2.52. The lowest BCUT2D eigenvalue weighted by molar-refractivity contribution is 0.100. The highest BCUT2D eigenvalue weighted by Gasteiger charge is 2.23. The molecule has 1 aliphatic rings. The fourth-order valence-electron chi connectivity index (χ4n) is 2.20. The number of Topliss-reactive ketones (excluding diaryl/α,β-unsaturated/α-hetero) is 1. The van der Waals surface area contributed by atoms with Gasteiger partial charge >= 0.3 is 0 Å². The van der Waals surface area contributed by atoms with Crippen LogP contribution >= 0.6 is 0 Å². The summed E-state index contributed by atoms with van der Waals surface area (Å²) >= 11 is 0. The maximum atomic E-state index is 12.9. The van der Waals surface area contributed by atoms with Gasteiger partial charge < -0.3 is 9.47 Å². The minimum absolute atomic E-state index is 0.0803. The molecule has 2 aromatic rings. The lowest BCUT2D eigenvalue weighted by atomic mass is 9.98. The molecule has 0 bridgehead atoms. The van der Waals surface area contributed by atoms with Crippen molar-refractivity contribution in [2.24, 2.45) is 0 Å². The van der Waals surface area contributed by atoms with Crippen molar-refractivity contribution in [1.29, 1.82) is 0 Å². The van der Waals surface area contributed by atoms with Crippen molar-refractivity contribution in [3.05, 3.63) is 65.0 Å². The van der Waals surface area contributed by atoms with Crippen LogP contribution in [-0.4, -0.2) is 19.5 Å². The van der Waals surface area contributed by atoms with Crippen molar-refractivity contribution < 1.29 is 18.7 Å². The summed E-state index contributed by atoms with van der Waals surface area (Å²) in [5.41, 5.74) is 1.81. The van der Waals surface area contributed by atoms with Crippen LogP contribution in [-0.2, 0) is 0 Å². The van der Waals surface area contributed by atoms with E-state index >= 15 is 0 Å². The zero-order valence-corrected chi connectivity index (χ0v) is 11.4. The average molecular weight is 284 g/mol. The van der Waals surface area contributed by atoms with Crippen LogP contribution in [0.3, 0.4) is 0 Å². The van der Waals surface area contributed by atoms with Crippen LogP contribution in [0.5, 0.6) is 11.5 Å². The maximum absolute atomic E-state index is 12.9. The second-order valence-corrected chi connectivity index (χ2v) is 4.70. The molecule has 0 unspecified atom stereocenters. The van der Waals surface area contributed by atoms with Gasteiger partial charge in [-0.1, -0.05) is 12.1 Å². The van der Waals surface area contributed by atoms with E-state index in [1.165, 1.54) is 12.1 Å². The first-order valence-electron chi connectivity index (χ1n) is 6.49. The SMILES string of the molecule is COc1ccc2c(c1)OC/C(=C\c1ccc(F)cc1)C2=O. The van der Waals surface area contributed by atoms with Crippen molar-refractivity contribution in [2.75, 3.05) is 13.7 Å². The number of benzene rings is 2. The number of carbonyl (C=O) groups excluding carboxylic acids is 1. The monoisotopic (exact) mass is 284 g/mol. The van der Waals surface area contributed by atoms with E-state index in [9.17, 15) is 9.18 Å². The smallest absolute Gasteiger partial charge is 0.196 e. The van der Waals surface area contributed by atoms with Gasteiger partial charge in [0.15, 0.2) is 5.78 Å². The zero-order chi connectivity index (χ0) is 14.8. The quantitative estimate of drug-likeness (QED) is 0.792. The van der Waals surface area contributed by atoms with E-state index in [1.54, 1.807) is 43.5 Å². The van der Waals surface area contributed by atoms with Gasteiger partial charge in [0.2, 0.25) is 0 Å². The first-order chi connectivity index (χ1) is 10.2. The Bertz CT molecular complexity index is 717. The van der Waals surface area contributed by atoms with Gasteiger partial charge in [-0.2, -0.15) is 0 Å². The second-order valence-electron chi connectivity index (χ2n) is 4.70.